The van der Waals surface area contributed by atoms with Crippen LogP contribution in [0.3, 0.4) is 0 Å². The van der Waals surface area contributed by atoms with E-state index in [0.29, 0.717) is 0 Å². The van der Waals surface area contributed by atoms with Gasteiger partial charge in [-0.2, -0.15) is 0 Å². The number of tetrazole rings is 1. The van der Waals surface area contributed by atoms with Crippen LogP contribution in [0.15, 0.2) is 34.3 Å². The van der Waals surface area contributed by atoms with Crippen molar-refractivity contribution in [3.63, 3.8) is 0 Å². The Morgan fingerprint density at radius 1 is 1.24 bits per heavy atom. The summed E-state index contributed by atoms with van der Waals surface area (Å²) in [5, 5.41) is 15.7. The summed E-state index contributed by atoms with van der Waals surface area (Å²) in [5.41, 5.74) is 1.33. The molecule has 2 rings (SSSR count). The summed E-state index contributed by atoms with van der Waals surface area (Å²) in [7, 11) is 1.86. The average Bonchev–Trinajstić information content (AvgIpc) is 2.89. The van der Waals surface area contributed by atoms with Gasteiger partial charge in [0.2, 0.25) is 5.16 Å². The molecule has 1 aromatic carbocycles. The van der Waals surface area contributed by atoms with E-state index in [1.165, 1.54) is 10.5 Å². The minimum absolute atomic E-state index is 0. The van der Waals surface area contributed by atoms with Gasteiger partial charge in [0.25, 0.3) is 0 Å². The Labute approximate surface area is 140 Å². The van der Waals surface area contributed by atoms with Crippen LogP contribution in [0.2, 0.25) is 0 Å². The SMILES string of the molecule is CSc1ccc(CNCCCSc2nnnn2C)cc1.[Cl-]. The molecule has 8 heteroatoms. The molecule has 0 aliphatic rings. The molecule has 0 unspecified atom stereocenters. The van der Waals surface area contributed by atoms with Crippen LogP contribution in [-0.4, -0.2) is 38.8 Å². The number of nitrogens with one attached hydrogen (secondary N) is 1. The van der Waals surface area contributed by atoms with Crippen molar-refractivity contribution in [1.29, 1.82) is 0 Å². The van der Waals surface area contributed by atoms with Crippen molar-refractivity contribution in [2.24, 2.45) is 7.05 Å². The number of hydrogen-bond donors (Lipinski definition) is 1. The van der Waals surface area contributed by atoms with Gasteiger partial charge in [0.1, 0.15) is 0 Å². The highest BCUT2D eigenvalue weighted by molar-refractivity contribution is 7.99. The number of thioether (sulfide) groups is 2. The minimum atomic E-state index is 0. The van der Waals surface area contributed by atoms with Crippen LogP contribution < -0.4 is 17.7 Å². The molecule has 1 heterocycles. The first-order chi connectivity index (χ1) is 9.79. The predicted molar refractivity (Wildman–Crippen MR) is 84.1 cm³/mol. The number of aromatic nitrogens is 4. The van der Waals surface area contributed by atoms with Crippen LogP contribution in [0.25, 0.3) is 0 Å². The Bertz CT molecular complexity index is 518. The van der Waals surface area contributed by atoms with E-state index in [4.69, 9.17) is 0 Å². The van der Waals surface area contributed by atoms with Crippen LogP contribution >= 0.6 is 23.5 Å². The van der Waals surface area contributed by atoms with E-state index in [-0.39, 0.29) is 12.4 Å². The normalized spacial score (nSPS) is 10.4. The zero-order valence-electron chi connectivity index (χ0n) is 12.1. The maximum Gasteiger partial charge on any atom is 0.209 e. The van der Waals surface area contributed by atoms with Crippen LogP contribution in [0, 0.1) is 0 Å². The second kappa shape index (κ2) is 10.0. The highest BCUT2D eigenvalue weighted by Gasteiger charge is 2.01. The van der Waals surface area contributed by atoms with E-state index in [0.717, 1.165) is 30.4 Å². The summed E-state index contributed by atoms with van der Waals surface area (Å²) in [5.74, 6) is 1.02. The van der Waals surface area contributed by atoms with Crippen molar-refractivity contribution < 1.29 is 12.4 Å². The molecule has 0 bridgehead atoms. The van der Waals surface area contributed by atoms with Crippen LogP contribution in [0.4, 0.5) is 0 Å². The fourth-order valence-electron chi connectivity index (χ4n) is 1.68. The third-order valence-corrected chi connectivity index (χ3v) is 4.64. The molecule has 0 atom stereocenters. The topological polar surface area (TPSA) is 55.6 Å². The zero-order chi connectivity index (χ0) is 14.2. The lowest BCUT2D eigenvalue weighted by Crippen LogP contribution is -3.00. The summed E-state index contributed by atoms with van der Waals surface area (Å²) in [6.07, 6.45) is 3.19. The molecule has 21 heavy (non-hydrogen) atoms. The maximum atomic E-state index is 3.94. The van der Waals surface area contributed by atoms with Crippen molar-refractivity contribution >= 4 is 23.5 Å². The Balaban J connectivity index is 0.00000220. The van der Waals surface area contributed by atoms with Crippen LogP contribution in [-0.2, 0) is 13.6 Å². The molecular formula is C13H19ClN5S2-. The van der Waals surface area contributed by atoms with Gasteiger partial charge in [0.05, 0.1) is 0 Å². The molecule has 1 N–H and O–H groups in total. The number of halogens is 1. The van der Waals surface area contributed by atoms with Gasteiger partial charge in [-0.05, 0) is 47.3 Å². The average molecular weight is 345 g/mol. The lowest BCUT2D eigenvalue weighted by molar-refractivity contribution is -0.00000435. The lowest BCUT2D eigenvalue weighted by atomic mass is 10.2. The largest absolute Gasteiger partial charge is 1.00 e. The third kappa shape index (κ3) is 6.25. The number of nitrogens with zero attached hydrogens (tertiary/aromatic N) is 4. The summed E-state index contributed by atoms with van der Waals surface area (Å²) in [6.45, 7) is 1.92. The van der Waals surface area contributed by atoms with Gasteiger partial charge in [-0.1, -0.05) is 23.9 Å². The molecule has 116 valence electrons. The van der Waals surface area contributed by atoms with Gasteiger partial charge >= 0.3 is 0 Å². The lowest BCUT2D eigenvalue weighted by Gasteiger charge is -2.05. The van der Waals surface area contributed by atoms with Gasteiger partial charge in [-0.25, -0.2) is 4.68 Å². The van der Waals surface area contributed by atoms with Gasteiger partial charge < -0.3 is 17.7 Å². The number of hydrogen-bond acceptors (Lipinski definition) is 6. The van der Waals surface area contributed by atoms with Gasteiger partial charge in [-0.3, -0.25) is 0 Å². The van der Waals surface area contributed by atoms with E-state index in [1.807, 2.05) is 7.05 Å². The summed E-state index contributed by atoms with van der Waals surface area (Å²) in [6, 6.07) is 8.69. The molecule has 0 aliphatic heterocycles. The fraction of sp³-hybridized carbons (Fsp3) is 0.462. The first-order valence-corrected chi connectivity index (χ1v) is 8.69. The Morgan fingerprint density at radius 3 is 2.62 bits per heavy atom. The molecule has 1 aromatic heterocycles. The van der Waals surface area contributed by atoms with E-state index in [2.05, 4.69) is 51.4 Å². The van der Waals surface area contributed by atoms with E-state index < -0.39 is 0 Å². The summed E-state index contributed by atoms with van der Waals surface area (Å²) in [4.78, 5) is 1.31. The standard InChI is InChI=1S/C13H19N5S2.ClH/c1-18-13(15-16-17-18)20-9-3-8-14-10-11-4-6-12(19-2)7-5-11;/h4-7,14H,3,8-10H2,1-2H3;1H/p-1. The Hall–Kier alpha value is -0.760. The summed E-state index contributed by atoms with van der Waals surface area (Å²) < 4.78 is 1.70. The molecule has 0 fully saturated rings. The van der Waals surface area contributed by atoms with E-state index in [1.54, 1.807) is 28.2 Å². The number of benzene rings is 1. The molecule has 0 aliphatic carbocycles. The highest BCUT2D eigenvalue weighted by atomic mass is 35.5. The molecule has 0 saturated carbocycles. The molecule has 0 radical (unpaired) electrons. The second-order valence-corrected chi connectivity index (χ2v) is 6.25. The molecule has 5 nitrogen and oxygen atoms in total. The van der Waals surface area contributed by atoms with Crippen LogP contribution in [0.1, 0.15) is 12.0 Å². The number of rotatable bonds is 8. The van der Waals surface area contributed by atoms with Gasteiger partial charge in [-0.15, -0.1) is 16.9 Å². The van der Waals surface area contributed by atoms with E-state index in [9.17, 15) is 0 Å². The van der Waals surface area contributed by atoms with Crippen molar-refractivity contribution in [1.82, 2.24) is 25.5 Å². The molecule has 2 aromatic rings. The monoisotopic (exact) mass is 344 g/mol. The molecular weight excluding hydrogens is 326 g/mol. The maximum absolute atomic E-state index is 3.94. The van der Waals surface area contributed by atoms with Crippen molar-refractivity contribution in [2.75, 3.05) is 18.6 Å². The van der Waals surface area contributed by atoms with Crippen molar-refractivity contribution in [3.05, 3.63) is 29.8 Å². The smallest absolute Gasteiger partial charge is 0.209 e. The van der Waals surface area contributed by atoms with Crippen molar-refractivity contribution in [3.8, 4) is 0 Å². The van der Waals surface area contributed by atoms with E-state index >= 15 is 0 Å². The zero-order valence-corrected chi connectivity index (χ0v) is 14.5. The van der Waals surface area contributed by atoms with Gasteiger partial charge in [0, 0.05) is 24.2 Å². The fourth-order valence-corrected chi connectivity index (χ4v) is 2.88. The molecule has 0 spiro atoms. The first-order valence-electron chi connectivity index (χ1n) is 6.48. The highest BCUT2D eigenvalue weighted by Crippen LogP contribution is 2.15. The first kappa shape index (κ1) is 18.3. The van der Waals surface area contributed by atoms with Gasteiger partial charge in [0.15, 0.2) is 0 Å². The quantitative estimate of drug-likeness (QED) is 0.500. The molecule has 0 saturated heterocycles. The Kier molecular flexibility index (Phi) is 8.75. The second-order valence-electron chi connectivity index (χ2n) is 4.31. The Morgan fingerprint density at radius 2 is 2.00 bits per heavy atom. The van der Waals surface area contributed by atoms with Crippen LogP contribution in [0.5, 0.6) is 0 Å². The third-order valence-electron chi connectivity index (χ3n) is 2.80. The summed E-state index contributed by atoms with van der Waals surface area (Å²) >= 11 is 3.46. The molecule has 0 amide bonds. The predicted octanol–water partition coefficient (Wildman–Crippen LogP) is -0.792. The van der Waals surface area contributed by atoms with Crippen molar-refractivity contribution in [2.45, 2.75) is 23.0 Å². The minimum Gasteiger partial charge on any atom is -1.00 e. The number of aryl methyl sites for hydroxylation is 1.